The van der Waals surface area contributed by atoms with Crippen LogP contribution in [0, 0.1) is 0 Å². The lowest BCUT2D eigenvalue weighted by atomic mass is 9.87. The van der Waals surface area contributed by atoms with Crippen molar-refractivity contribution in [3.05, 3.63) is 29.8 Å². The predicted octanol–water partition coefficient (Wildman–Crippen LogP) is 3.11. The minimum Gasteiger partial charge on any atom is -0.493 e. The molecule has 0 aliphatic heterocycles. The van der Waals surface area contributed by atoms with Gasteiger partial charge in [-0.25, -0.2) is 0 Å². The molecule has 0 unspecified atom stereocenters. The first-order chi connectivity index (χ1) is 10.9. The van der Waals surface area contributed by atoms with Crippen LogP contribution in [0.15, 0.2) is 24.3 Å². The first-order valence-electron chi connectivity index (χ1n) is 8.40. The van der Waals surface area contributed by atoms with Gasteiger partial charge in [-0.1, -0.05) is 32.9 Å². The molecule has 0 aromatic heterocycles. The Morgan fingerprint density at radius 1 is 1.04 bits per heavy atom. The second kappa shape index (κ2) is 8.32. The first-order valence-corrected chi connectivity index (χ1v) is 10.0. The van der Waals surface area contributed by atoms with Crippen molar-refractivity contribution in [2.45, 2.75) is 39.0 Å². The average Bonchev–Trinajstić information content (AvgIpc) is 2.41. The third kappa shape index (κ3) is 8.66. The molecule has 0 radical (unpaired) electrons. The standard InChI is InChI=1S/C18H31NO4S/c1-18(2,3)16-8-10-17(11-9-16)23-14-6-12-19(4,5)13-7-15-24(20,21)22/h8-11H,6-7,12-15H2,1-5H3/p+1. The molecule has 1 N–H and O–H groups in total. The summed E-state index contributed by atoms with van der Waals surface area (Å²) >= 11 is 0. The summed E-state index contributed by atoms with van der Waals surface area (Å²) in [6.07, 6.45) is 1.35. The van der Waals surface area contributed by atoms with Gasteiger partial charge in [0.15, 0.2) is 0 Å². The van der Waals surface area contributed by atoms with Gasteiger partial charge in [-0.3, -0.25) is 4.55 Å². The molecule has 5 nitrogen and oxygen atoms in total. The fraction of sp³-hybridized carbons (Fsp3) is 0.667. The van der Waals surface area contributed by atoms with E-state index in [1.54, 1.807) is 0 Å². The van der Waals surface area contributed by atoms with Gasteiger partial charge in [0, 0.05) is 12.8 Å². The van der Waals surface area contributed by atoms with E-state index in [-0.39, 0.29) is 11.2 Å². The molecule has 0 aliphatic carbocycles. The molecular weight excluding hydrogens is 326 g/mol. The Labute approximate surface area is 147 Å². The Morgan fingerprint density at radius 2 is 1.58 bits per heavy atom. The Balaban J connectivity index is 2.32. The van der Waals surface area contributed by atoms with Crippen LogP contribution in [0.3, 0.4) is 0 Å². The summed E-state index contributed by atoms with van der Waals surface area (Å²) in [7, 11) is 0.259. The van der Waals surface area contributed by atoms with E-state index < -0.39 is 10.1 Å². The number of hydrogen-bond donors (Lipinski definition) is 1. The highest BCUT2D eigenvalue weighted by Crippen LogP contribution is 2.24. The zero-order chi connectivity index (χ0) is 18.4. The van der Waals surface area contributed by atoms with E-state index in [1.807, 2.05) is 12.1 Å². The van der Waals surface area contributed by atoms with Crippen molar-refractivity contribution in [3.63, 3.8) is 0 Å². The number of benzene rings is 1. The van der Waals surface area contributed by atoms with Crippen LogP contribution in [0.2, 0.25) is 0 Å². The molecule has 0 fully saturated rings. The molecule has 0 saturated heterocycles. The maximum absolute atomic E-state index is 10.7. The summed E-state index contributed by atoms with van der Waals surface area (Å²) in [5, 5.41) is 0. The third-order valence-corrected chi connectivity index (χ3v) is 4.87. The quantitative estimate of drug-likeness (QED) is 0.418. The summed E-state index contributed by atoms with van der Waals surface area (Å²) in [6.45, 7) is 8.79. The fourth-order valence-electron chi connectivity index (χ4n) is 2.52. The van der Waals surface area contributed by atoms with E-state index >= 15 is 0 Å². The van der Waals surface area contributed by atoms with E-state index in [0.29, 0.717) is 24.1 Å². The highest BCUT2D eigenvalue weighted by atomic mass is 32.2. The average molecular weight is 359 g/mol. The zero-order valence-electron chi connectivity index (χ0n) is 15.6. The molecule has 0 spiro atoms. The maximum Gasteiger partial charge on any atom is 0.265 e. The minimum atomic E-state index is -3.86. The molecule has 24 heavy (non-hydrogen) atoms. The van der Waals surface area contributed by atoms with Crippen molar-refractivity contribution in [1.29, 1.82) is 0 Å². The Kier molecular flexibility index (Phi) is 7.25. The van der Waals surface area contributed by atoms with Crippen molar-refractivity contribution >= 4 is 10.1 Å². The SMILES string of the molecule is CC(C)(C)c1ccc(OCCC[N+](C)(C)CCCS(=O)(=O)O)cc1. The molecule has 138 valence electrons. The van der Waals surface area contributed by atoms with Crippen LogP contribution in [0.4, 0.5) is 0 Å². The Hall–Kier alpha value is -1.11. The molecule has 0 bridgehead atoms. The van der Waals surface area contributed by atoms with Gasteiger partial charge in [0.2, 0.25) is 0 Å². The number of hydrogen-bond acceptors (Lipinski definition) is 3. The van der Waals surface area contributed by atoms with Gasteiger partial charge in [-0.15, -0.1) is 0 Å². The third-order valence-electron chi connectivity index (χ3n) is 4.06. The van der Waals surface area contributed by atoms with Crippen molar-refractivity contribution in [2.24, 2.45) is 0 Å². The van der Waals surface area contributed by atoms with E-state index in [2.05, 4.69) is 47.0 Å². The highest BCUT2D eigenvalue weighted by Gasteiger charge is 2.16. The summed E-state index contributed by atoms with van der Waals surface area (Å²) in [5.41, 5.74) is 1.42. The van der Waals surface area contributed by atoms with Crippen LogP contribution in [-0.4, -0.2) is 57.0 Å². The highest BCUT2D eigenvalue weighted by molar-refractivity contribution is 7.85. The molecule has 1 rings (SSSR count). The van der Waals surface area contributed by atoms with Crippen molar-refractivity contribution in [3.8, 4) is 5.75 Å². The maximum atomic E-state index is 10.7. The monoisotopic (exact) mass is 358 g/mol. The zero-order valence-corrected chi connectivity index (χ0v) is 16.4. The van der Waals surface area contributed by atoms with Crippen LogP contribution in [0.1, 0.15) is 39.2 Å². The molecule has 0 saturated carbocycles. The first kappa shape index (κ1) is 20.9. The van der Waals surface area contributed by atoms with Crippen LogP contribution < -0.4 is 4.74 Å². The van der Waals surface area contributed by atoms with E-state index in [4.69, 9.17) is 9.29 Å². The van der Waals surface area contributed by atoms with E-state index in [9.17, 15) is 8.42 Å². The van der Waals surface area contributed by atoms with Gasteiger partial charge < -0.3 is 9.22 Å². The molecule has 6 heteroatoms. The Morgan fingerprint density at radius 3 is 2.08 bits per heavy atom. The van der Waals surface area contributed by atoms with Gasteiger partial charge in [0.05, 0.1) is 39.5 Å². The lowest BCUT2D eigenvalue weighted by molar-refractivity contribution is -0.890. The molecule has 0 heterocycles. The molecule has 0 aliphatic rings. The lowest BCUT2D eigenvalue weighted by Crippen LogP contribution is -2.42. The van der Waals surface area contributed by atoms with Crippen molar-refractivity contribution < 1.29 is 22.2 Å². The van der Waals surface area contributed by atoms with Crippen LogP contribution in [0.25, 0.3) is 0 Å². The van der Waals surface area contributed by atoms with E-state index in [1.165, 1.54) is 5.56 Å². The van der Waals surface area contributed by atoms with Gasteiger partial charge in [-0.2, -0.15) is 8.42 Å². The smallest absolute Gasteiger partial charge is 0.265 e. The number of quaternary nitrogens is 1. The predicted molar refractivity (Wildman–Crippen MR) is 98.1 cm³/mol. The lowest BCUT2D eigenvalue weighted by Gasteiger charge is -2.29. The van der Waals surface area contributed by atoms with Crippen molar-refractivity contribution in [1.82, 2.24) is 0 Å². The van der Waals surface area contributed by atoms with Gasteiger partial charge in [0.1, 0.15) is 5.75 Å². The van der Waals surface area contributed by atoms with Crippen LogP contribution in [0.5, 0.6) is 5.75 Å². The largest absolute Gasteiger partial charge is 0.493 e. The second-order valence-corrected chi connectivity index (χ2v) is 9.57. The number of rotatable bonds is 9. The molecule has 1 aromatic carbocycles. The van der Waals surface area contributed by atoms with Gasteiger partial charge in [-0.05, 0) is 23.1 Å². The molecule has 1 aromatic rings. The molecular formula is C18H32NO4S+. The van der Waals surface area contributed by atoms with Gasteiger partial charge in [0.25, 0.3) is 10.1 Å². The second-order valence-electron chi connectivity index (χ2n) is 8.00. The Bertz CT molecular complexity index is 601. The van der Waals surface area contributed by atoms with Crippen LogP contribution in [-0.2, 0) is 15.5 Å². The summed E-state index contributed by atoms with van der Waals surface area (Å²) in [5.74, 6) is 0.699. The normalized spacial score (nSPS) is 13.1. The van der Waals surface area contributed by atoms with Gasteiger partial charge >= 0.3 is 0 Å². The molecule has 0 atom stereocenters. The summed E-state index contributed by atoms with van der Waals surface area (Å²) < 4.78 is 36.8. The van der Waals surface area contributed by atoms with Crippen molar-refractivity contribution in [2.75, 3.05) is 39.5 Å². The topological polar surface area (TPSA) is 63.6 Å². The summed E-state index contributed by atoms with van der Waals surface area (Å²) in [4.78, 5) is 0. The minimum absolute atomic E-state index is 0.141. The molecule has 0 amide bonds. The summed E-state index contributed by atoms with van der Waals surface area (Å²) in [6, 6.07) is 8.22. The number of nitrogens with zero attached hydrogens (tertiary/aromatic N) is 1. The number of ether oxygens (including phenoxy) is 1. The van der Waals surface area contributed by atoms with E-state index in [0.717, 1.165) is 18.7 Å². The van der Waals surface area contributed by atoms with Crippen LogP contribution >= 0.6 is 0 Å². The fourth-order valence-corrected chi connectivity index (χ4v) is 3.01.